The normalized spacial score (nSPS) is 21.5. The molecule has 16 nitrogen and oxygen atoms in total. The van der Waals surface area contributed by atoms with Gasteiger partial charge in [0.25, 0.3) is 6.20 Å². The number of hydrogen-bond donors (Lipinski definition) is 4. The van der Waals surface area contributed by atoms with E-state index < -0.39 is 18.1 Å². The number of nitrogens with one attached hydrogen (secondary N) is 2. The summed E-state index contributed by atoms with van der Waals surface area (Å²) in [4.78, 5) is 48.6. The van der Waals surface area contributed by atoms with Crippen molar-refractivity contribution in [1.82, 2.24) is 35.2 Å². The highest BCUT2D eigenvalue weighted by molar-refractivity contribution is 7.13. The molecular formula is C49H65N10O6S+. The van der Waals surface area contributed by atoms with Crippen molar-refractivity contribution in [2.75, 3.05) is 76.2 Å². The summed E-state index contributed by atoms with van der Waals surface area (Å²) in [5.74, 6) is 0.543. The Labute approximate surface area is 391 Å². The molecule has 3 saturated heterocycles. The van der Waals surface area contributed by atoms with E-state index in [9.17, 15) is 19.8 Å². The topological polar surface area (TPSA) is 177 Å². The molecule has 0 bridgehead atoms. The fourth-order valence-corrected chi connectivity index (χ4v) is 10.7. The SMILES string of the molecule is CNc1nnc(-c2ccccc2O)cc1N1CCN(CC2CCCN(CCO[n+]3coc([C@H](C(=O)N4C[C@H](O)C[C@H]4C(=O)N[C@@H](C)c4ccc(-c5scnc5C)cc4)C(C)C)c3)C2)C[C@@H]1C. The molecule has 3 aliphatic rings. The third-order valence-electron chi connectivity index (χ3n) is 13.4. The van der Waals surface area contributed by atoms with Crippen LogP contribution in [0.25, 0.3) is 21.7 Å². The van der Waals surface area contributed by atoms with Crippen molar-refractivity contribution in [1.29, 1.82) is 0 Å². The minimum absolute atomic E-state index is 0.0736. The number of aryl methyl sites for hydroxylation is 1. The largest absolute Gasteiger partial charge is 0.507 e. The number of aromatic hydroxyl groups is 1. The summed E-state index contributed by atoms with van der Waals surface area (Å²) >= 11 is 1.60. The number of para-hydroxylation sites is 1. The van der Waals surface area contributed by atoms with Gasteiger partial charge in [-0.15, -0.1) is 21.5 Å². The second kappa shape index (κ2) is 20.9. The number of phenols is 1. The summed E-state index contributed by atoms with van der Waals surface area (Å²) in [5, 5.41) is 36.4. The summed E-state index contributed by atoms with van der Waals surface area (Å²) in [6.45, 7) is 17.2. The van der Waals surface area contributed by atoms with Crippen LogP contribution in [0.15, 0.2) is 77.1 Å². The molecule has 2 aromatic carbocycles. The van der Waals surface area contributed by atoms with Crippen LogP contribution in [0.3, 0.4) is 0 Å². The average molecular weight is 922 g/mol. The Morgan fingerprint density at radius 3 is 2.56 bits per heavy atom. The predicted molar refractivity (Wildman–Crippen MR) is 254 cm³/mol. The number of benzene rings is 2. The number of amides is 2. The van der Waals surface area contributed by atoms with Gasteiger partial charge in [-0.2, -0.15) is 0 Å². The molecule has 6 atom stereocenters. The van der Waals surface area contributed by atoms with E-state index in [1.54, 1.807) is 29.7 Å². The molecule has 352 valence electrons. The molecule has 0 saturated carbocycles. The number of aliphatic hydroxyl groups excluding tert-OH is 1. The lowest BCUT2D eigenvalue weighted by Crippen LogP contribution is -2.54. The van der Waals surface area contributed by atoms with Gasteiger partial charge in [0.05, 0.1) is 39.6 Å². The van der Waals surface area contributed by atoms with Crippen molar-refractivity contribution in [3.05, 3.63) is 89.7 Å². The van der Waals surface area contributed by atoms with Crippen molar-refractivity contribution in [3.63, 3.8) is 0 Å². The van der Waals surface area contributed by atoms with E-state index >= 15 is 0 Å². The zero-order valence-electron chi connectivity index (χ0n) is 39.0. The number of carbonyl (C=O) groups is 2. The quantitative estimate of drug-likeness (QED) is 0.0960. The number of carbonyl (C=O) groups excluding carboxylic acids is 2. The Kier molecular flexibility index (Phi) is 14.9. The Bertz CT molecular complexity index is 2430. The number of piperidine rings is 1. The first-order valence-corrected chi connectivity index (χ1v) is 24.2. The zero-order valence-corrected chi connectivity index (χ0v) is 39.8. The first-order chi connectivity index (χ1) is 31.9. The van der Waals surface area contributed by atoms with Gasteiger partial charge in [0, 0.05) is 75.6 Å². The molecule has 0 spiro atoms. The lowest BCUT2D eigenvalue weighted by atomic mass is 9.92. The van der Waals surface area contributed by atoms with Crippen molar-refractivity contribution in [2.24, 2.45) is 11.8 Å². The number of β-amino-alcohol motifs (C(OH)–C–C–N with tert-alkyl or cyclic N) is 1. The number of aliphatic hydroxyl groups is 1. The molecule has 0 aliphatic carbocycles. The molecule has 3 aromatic heterocycles. The molecule has 3 fully saturated rings. The van der Waals surface area contributed by atoms with Crippen LogP contribution in [0, 0.1) is 18.8 Å². The van der Waals surface area contributed by atoms with Crippen molar-refractivity contribution >= 4 is 34.7 Å². The summed E-state index contributed by atoms with van der Waals surface area (Å²) in [5.41, 5.74) is 7.14. The number of oxazole rings is 1. The van der Waals surface area contributed by atoms with Gasteiger partial charge >= 0.3 is 6.39 Å². The average Bonchev–Trinajstić information content (AvgIpc) is 4.06. The molecule has 5 aromatic rings. The number of nitrogens with zero attached hydrogens (tertiary/aromatic N) is 8. The van der Waals surface area contributed by atoms with Crippen LogP contribution in [0.2, 0.25) is 0 Å². The van der Waals surface area contributed by atoms with Crippen LogP contribution in [0.1, 0.15) is 75.9 Å². The Balaban J connectivity index is 0.813. The van der Waals surface area contributed by atoms with Crippen LogP contribution in [0.5, 0.6) is 5.75 Å². The highest BCUT2D eigenvalue weighted by atomic mass is 32.1. The minimum atomic E-state index is -0.809. The number of likely N-dealkylation sites (tertiary alicyclic amines) is 2. The highest BCUT2D eigenvalue weighted by Gasteiger charge is 2.44. The number of phenolic OH excluding ortho intramolecular Hbond substituents is 1. The van der Waals surface area contributed by atoms with Gasteiger partial charge in [0.1, 0.15) is 17.7 Å². The van der Waals surface area contributed by atoms with Crippen molar-refractivity contribution < 1.29 is 33.8 Å². The Morgan fingerprint density at radius 1 is 1.03 bits per heavy atom. The standard InChI is InChI=1S/C49H64N10O6S/c1-31(2)45(49(63)59-27-38(60)22-42(59)48(62)52-33(4)36-13-15-37(16-14-36)46-34(5)51-29-66-46)44-28-57(30-64-44)65-21-20-55-17-9-10-35(25-55)26-56-18-19-58(32(3)24-56)41-23-40(53-54-47(41)50-6)39-11-7-8-12-43(39)61/h7-8,11-16,23,28-33,35,38,42,45,60H,9-10,17-22,24-27H2,1-6H3,(H2-,50,52,53,54,61,62)/p+1/t32-,33-,35?,38+,42-,45+/m0/s1. The van der Waals surface area contributed by atoms with Gasteiger partial charge in [-0.05, 0) is 81.3 Å². The number of anilines is 2. The maximum Gasteiger partial charge on any atom is 0.384 e. The van der Waals surface area contributed by atoms with Crippen LogP contribution in [-0.2, 0) is 9.59 Å². The second-order valence-corrected chi connectivity index (χ2v) is 19.4. The summed E-state index contributed by atoms with van der Waals surface area (Å²) in [6, 6.07) is 16.5. The summed E-state index contributed by atoms with van der Waals surface area (Å²) < 4.78 is 7.51. The smallest absolute Gasteiger partial charge is 0.384 e. The third-order valence-corrected chi connectivity index (χ3v) is 14.4. The number of hydrogen-bond acceptors (Lipinski definition) is 14. The predicted octanol–water partition coefficient (Wildman–Crippen LogP) is 5.13. The number of thiazole rings is 1. The second-order valence-electron chi connectivity index (χ2n) is 18.5. The molecule has 66 heavy (non-hydrogen) atoms. The third kappa shape index (κ3) is 10.6. The lowest BCUT2D eigenvalue weighted by molar-refractivity contribution is -0.893. The van der Waals surface area contributed by atoms with Gasteiger partial charge < -0.3 is 35.1 Å². The maximum atomic E-state index is 14.3. The molecule has 2 amide bonds. The zero-order chi connectivity index (χ0) is 46.5. The van der Waals surface area contributed by atoms with Crippen LogP contribution in [0.4, 0.5) is 11.5 Å². The molecule has 4 N–H and O–H groups in total. The number of piperazine rings is 1. The molecule has 1 unspecified atom stereocenters. The van der Waals surface area contributed by atoms with E-state index in [1.165, 1.54) is 22.4 Å². The van der Waals surface area contributed by atoms with Crippen LogP contribution < -0.4 is 25.1 Å². The first kappa shape index (κ1) is 46.9. The van der Waals surface area contributed by atoms with E-state index in [2.05, 4.69) is 47.4 Å². The van der Waals surface area contributed by atoms with Crippen LogP contribution >= 0.6 is 11.3 Å². The van der Waals surface area contributed by atoms with Gasteiger partial charge in [-0.3, -0.25) is 24.2 Å². The van der Waals surface area contributed by atoms with Gasteiger partial charge in [0.2, 0.25) is 11.8 Å². The highest BCUT2D eigenvalue weighted by Crippen LogP contribution is 2.35. The lowest BCUT2D eigenvalue weighted by Gasteiger charge is -2.43. The monoisotopic (exact) mass is 921 g/mol. The minimum Gasteiger partial charge on any atom is -0.507 e. The molecular weight excluding hydrogens is 857 g/mol. The number of rotatable bonds is 16. The van der Waals surface area contributed by atoms with Crippen LogP contribution in [-0.4, -0.2) is 136 Å². The molecule has 17 heteroatoms. The van der Waals surface area contributed by atoms with E-state index in [0.717, 1.165) is 85.4 Å². The maximum absolute atomic E-state index is 14.3. The fraction of sp³-hybridized carbons (Fsp3) is 0.510. The Hall–Kier alpha value is -5.62. The summed E-state index contributed by atoms with van der Waals surface area (Å²) in [7, 11) is 1.86. The Morgan fingerprint density at radius 2 is 1.83 bits per heavy atom. The molecule has 0 radical (unpaired) electrons. The van der Waals surface area contributed by atoms with E-state index in [0.29, 0.717) is 29.5 Å². The first-order valence-electron chi connectivity index (χ1n) is 23.3. The number of aromatic nitrogens is 4. The van der Waals surface area contributed by atoms with Gasteiger partial charge in [-0.1, -0.05) is 50.2 Å². The van der Waals surface area contributed by atoms with Gasteiger partial charge in [0.15, 0.2) is 18.2 Å². The summed E-state index contributed by atoms with van der Waals surface area (Å²) in [6.07, 6.45) is 4.88. The molecule has 6 heterocycles. The molecule has 8 rings (SSSR count). The molecule has 3 aliphatic heterocycles. The van der Waals surface area contributed by atoms with E-state index in [1.807, 2.05) is 82.7 Å². The van der Waals surface area contributed by atoms with Gasteiger partial charge in [-0.25, -0.2) is 4.98 Å². The van der Waals surface area contributed by atoms with Crippen molar-refractivity contribution in [2.45, 2.75) is 84.0 Å². The van der Waals surface area contributed by atoms with E-state index in [4.69, 9.17) is 9.25 Å². The fourth-order valence-electron chi connectivity index (χ4n) is 9.94. The van der Waals surface area contributed by atoms with Crippen molar-refractivity contribution in [3.8, 4) is 27.4 Å². The van der Waals surface area contributed by atoms with E-state index in [-0.39, 0.29) is 48.5 Å².